The first-order chi connectivity index (χ1) is 10.1. The fourth-order valence-corrected chi connectivity index (χ4v) is 3.41. The molecule has 0 aliphatic carbocycles. The Bertz CT molecular complexity index is 475. The highest BCUT2D eigenvalue weighted by molar-refractivity contribution is 7.09. The predicted octanol–water partition coefficient (Wildman–Crippen LogP) is 2.04. The van der Waals surface area contributed by atoms with Gasteiger partial charge in [0.1, 0.15) is 6.04 Å². The van der Waals surface area contributed by atoms with Gasteiger partial charge in [0.2, 0.25) is 5.91 Å². The summed E-state index contributed by atoms with van der Waals surface area (Å²) in [6, 6.07) is 3.44. The number of hydrogen-bond acceptors (Lipinski definition) is 4. The van der Waals surface area contributed by atoms with Crippen molar-refractivity contribution in [3.63, 3.8) is 0 Å². The Labute approximate surface area is 129 Å². The van der Waals surface area contributed by atoms with Crippen LogP contribution in [-0.4, -0.2) is 53.0 Å². The molecule has 1 saturated heterocycles. The van der Waals surface area contributed by atoms with Crippen molar-refractivity contribution in [3.8, 4) is 0 Å². The van der Waals surface area contributed by atoms with Gasteiger partial charge in [-0.3, -0.25) is 14.5 Å². The molecule has 1 aliphatic heterocycles. The van der Waals surface area contributed by atoms with Crippen LogP contribution >= 0.6 is 11.3 Å². The minimum absolute atomic E-state index is 0.0171. The maximum atomic E-state index is 12.3. The molecule has 0 aromatic carbocycles. The molecule has 1 atom stereocenters. The lowest BCUT2D eigenvalue weighted by Gasteiger charge is -2.28. The van der Waals surface area contributed by atoms with E-state index in [-0.39, 0.29) is 12.5 Å². The van der Waals surface area contributed by atoms with Crippen LogP contribution in [0.2, 0.25) is 0 Å². The molecule has 116 valence electrons. The maximum Gasteiger partial charge on any atom is 0.320 e. The molecule has 1 fully saturated rings. The summed E-state index contributed by atoms with van der Waals surface area (Å²) in [6.07, 6.45) is 3.56. The van der Waals surface area contributed by atoms with Gasteiger partial charge < -0.3 is 10.0 Å². The lowest BCUT2D eigenvalue weighted by molar-refractivity contribution is -0.144. The summed E-state index contributed by atoms with van der Waals surface area (Å²) in [5, 5.41) is 11.3. The number of likely N-dealkylation sites (tertiary alicyclic amines) is 1. The van der Waals surface area contributed by atoms with Crippen molar-refractivity contribution in [2.45, 2.75) is 38.3 Å². The van der Waals surface area contributed by atoms with E-state index in [1.54, 1.807) is 23.3 Å². The van der Waals surface area contributed by atoms with Gasteiger partial charge in [-0.05, 0) is 30.8 Å². The molecule has 2 rings (SSSR count). The van der Waals surface area contributed by atoms with Gasteiger partial charge in [0, 0.05) is 11.9 Å². The van der Waals surface area contributed by atoms with E-state index in [0.717, 1.165) is 24.1 Å². The predicted molar refractivity (Wildman–Crippen MR) is 82.3 cm³/mol. The third-order valence-corrected chi connectivity index (χ3v) is 4.75. The molecule has 2 heterocycles. The Hall–Kier alpha value is -1.40. The standard InChI is InChI=1S/C15H22N2O3S/c1-16(10-12-6-5-9-21-12)14(18)11-17-8-4-2-3-7-13(17)15(19)20/h5-6,9,13H,2-4,7-8,10-11H2,1H3,(H,19,20). The van der Waals surface area contributed by atoms with Crippen molar-refractivity contribution >= 4 is 23.2 Å². The number of nitrogens with zero attached hydrogens (tertiary/aromatic N) is 2. The summed E-state index contributed by atoms with van der Waals surface area (Å²) < 4.78 is 0. The first kappa shape index (κ1) is 16.0. The second-order valence-corrected chi connectivity index (χ2v) is 6.54. The summed E-state index contributed by atoms with van der Waals surface area (Å²) in [5.41, 5.74) is 0. The third-order valence-electron chi connectivity index (χ3n) is 3.89. The van der Waals surface area contributed by atoms with E-state index in [2.05, 4.69) is 0 Å². The van der Waals surface area contributed by atoms with Crippen LogP contribution in [0.4, 0.5) is 0 Å². The molecule has 0 saturated carbocycles. The quantitative estimate of drug-likeness (QED) is 0.904. The van der Waals surface area contributed by atoms with E-state index in [4.69, 9.17) is 0 Å². The zero-order chi connectivity index (χ0) is 15.2. The fourth-order valence-electron chi connectivity index (χ4n) is 2.66. The van der Waals surface area contributed by atoms with E-state index < -0.39 is 12.0 Å². The number of carboxylic acids is 1. The van der Waals surface area contributed by atoms with Gasteiger partial charge in [-0.2, -0.15) is 0 Å². The van der Waals surface area contributed by atoms with Crippen molar-refractivity contribution in [3.05, 3.63) is 22.4 Å². The zero-order valence-electron chi connectivity index (χ0n) is 12.3. The van der Waals surface area contributed by atoms with E-state index in [9.17, 15) is 14.7 Å². The Morgan fingerprint density at radius 1 is 1.43 bits per heavy atom. The Balaban J connectivity index is 1.94. The molecular weight excluding hydrogens is 288 g/mol. The van der Waals surface area contributed by atoms with Gasteiger partial charge in [0.05, 0.1) is 13.1 Å². The van der Waals surface area contributed by atoms with Crippen molar-refractivity contribution in [1.29, 1.82) is 0 Å². The zero-order valence-corrected chi connectivity index (χ0v) is 13.1. The molecule has 0 spiro atoms. The van der Waals surface area contributed by atoms with Crippen LogP contribution < -0.4 is 0 Å². The number of hydrogen-bond donors (Lipinski definition) is 1. The van der Waals surface area contributed by atoms with Gasteiger partial charge >= 0.3 is 5.97 Å². The van der Waals surface area contributed by atoms with Gasteiger partial charge in [-0.1, -0.05) is 18.9 Å². The molecule has 1 aromatic rings. The average molecular weight is 310 g/mol. The Morgan fingerprint density at radius 2 is 2.24 bits per heavy atom. The molecule has 1 aliphatic rings. The number of rotatable bonds is 5. The molecule has 1 unspecified atom stereocenters. The number of carbonyl (C=O) groups is 2. The fraction of sp³-hybridized carbons (Fsp3) is 0.600. The van der Waals surface area contributed by atoms with Crippen molar-refractivity contribution in [1.82, 2.24) is 9.80 Å². The molecule has 1 aromatic heterocycles. The topological polar surface area (TPSA) is 60.9 Å². The second kappa shape index (κ2) is 7.56. The normalized spacial score (nSPS) is 20.0. The van der Waals surface area contributed by atoms with Crippen LogP contribution in [0.3, 0.4) is 0 Å². The summed E-state index contributed by atoms with van der Waals surface area (Å²) in [7, 11) is 1.77. The van der Waals surface area contributed by atoms with E-state index in [1.807, 2.05) is 22.4 Å². The number of amides is 1. The molecule has 0 radical (unpaired) electrons. The first-order valence-corrected chi connectivity index (χ1v) is 8.19. The molecule has 5 nitrogen and oxygen atoms in total. The van der Waals surface area contributed by atoms with Crippen molar-refractivity contribution in [2.24, 2.45) is 0 Å². The lowest BCUT2D eigenvalue weighted by atomic mass is 10.1. The highest BCUT2D eigenvalue weighted by Gasteiger charge is 2.29. The van der Waals surface area contributed by atoms with E-state index in [1.165, 1.54) is 0 Å². The summed E-state index contributed by atoms with van der Waals surface area (Å²) in [4.78, 5) is 28.3. The molecule has 21 heavy (non-hydrogen) atoms. The monoisotopic (exact) mass is 310 g/mol. The van der Waals surface area contributed by atoms with Crippen molar-refractivity contribution < 1.29 is 14.7 Å². The smallest absolute Gasteiger partial charge is 0.320 e. The Morgan fingerprint density at radius 3 is 2.90 bits per heavy atom. The highest BCUT2D eigenvalue weighted by Crippen LogP contribution is 2.17. The number of aliphatic carboxylic acids is 1. The minimum atomic E-state index is -0.814. The summed E-state index contributed by atoms with van der Waals surface area (Å²) in [5.74, 6) is -0.831. The van der Waals surface area contributed by atoms with Crippen LogP contribution in [0.25, 0.3) is 0 Å². The number of likely N-dealkylation sites (N-methyl/N-ethyl adjacent to an activating group) is 1. The van der Waals surface area contributed by atoms with Crippen molar-refractivity contribution in [2.75, 3.05) is 20.1 Å². The van der Waals surface area contributed by atoms with Crippen LogP contribution in [0.5, 0.6) is 0 Å². The molecule has 0 bridgehead atoms. The van der Waals surface area contributed by atoms with E-state index in [0.29, 0.717) is 19.5 Å². The lowest BCUT2D eigenvalue weighted by Crippen LogP contribution is -2.46. The van der Waals surface area contributed by atoms with E-state index >= 15 is 0 Å². The maximum absolute atomic E-state index is 12.3. The van der Waals surface area contributed by atoms with Crippen LogP contribution in [0, 0.1) is 0 Å². The summed E-state index contributed by atoms with van der Waals surface area (Å²) >= 11 is 1.62. The van der Waals surface area contributed by atoms with Gasteiger partial charge in [0.15, 0.2) is 0 Å². The van der Waals surface area contributed by atoms with Crippen LogP contribution in [-0.2, 0) is 16.1 Å². The second-order valence-electron chi connectivity index (χ2n) is 5.50. The average Bonchev–Trinajstić information content (AvgIpc) is 2.83. The largest absolute Gasteiger partial charge is 0.480 e. The molecular formula is C15H22N2O3S. The molecule has 6 heteroatoms. The minimum Gasteiger partial charge on any atom is -0.480 e. The Kier molecular flexibility index (Phi) is 5.76. The third kappa shape index (κ3) is 4.54. The van der Waals surface area contributed by atoms with Gasteiger partial charge in [0.25, 0.3) is 0 Å². The van der Waals surface area contributed by atoms with Gasteiger partial charge in [-0.15, -0.1) is 11.3 Å². The highest BCUT2D eigenvalue weighted by atomic mass is 32.1. The SMILES string of the molecule is CN(Cc1cccs1)C(=O)CN1CCCCCC1C(=O)O. The number of carbonyl (C=O) groups excluding carboxylic acids is 1. The van der Waals surface area contributed by atoms with Crippen LogP contribution in [0.1, 0.15) is 30.6 Å². The number of carboxylic acid groups (broad SMARTS) is 1. The molecule has 1 N–H and O–H groups in total. The summed E-state index contributed by atoms with van der Waals surface area (Å²) in [6.45, 7) is 1.47. The van der Waals surface area contributed by atoms with Gasteiger partial charge in [-0.25, -0.2) is 0 Å². The number of thiophene rings is 1. The first-order valence-electron chi connectivity index (χ1n) is 7.31. The van der Waals surface area contributed by atoms with Crippen LogP contribution in [0.15, 0.2) is 17.5 Å². The molecule has 1 amide bonds.